The van der Waals surface area contributed by atoms with E-state index in [0.717, 1.165) is 24.1 Å². The highest BCUT2D eigenvalue weighted by molar-refractivity contribution is 6.03. The van der Waals surface area contributed by atoms with Crippen LogP contribution in [-0.2, 0) is 14.3 Å². The van der Waals surface area contributed by atoms with Crippen LogP contribution in [0.5, 0.6) is 0 Å². The van der Waals surface area contributed by atoms with Crippen molar-refractivity contribution in [3.8, 4) is 0 Å². The highest BCUT2D eigenvalue weighted by atomic mass is 16.6. The molecule has 0 unspecified atom stereocenters. The van der Waals surface area contributed by atoms with Crippen molar-refractivity contribution in [1.29, 1.82) is 0 Å². The molecule has 2 amide bonds. The molecule has 0 saturated carbocycles. The van der Waals surface area contributed by atoms with Crippen molar-refractivity contribution in [2.75, 3.05) is 25.1 Å². The quantitative estimate of drug-likeness (QED) is 0.333. The first-order valence-electron chi connectivity index (χ1n) is 5.73. The van der Waals surface area contributed by atoms with Gasteiger partial charge in [0.2, 0.25) is 17.6 Å². The maximum Gasteiger partial charge on any atom is 0.356 e. The molecule has 1 aliphatic rings. The summed E-state index contributed by atoms with van der Waals surface area (Å²) in [6.45, 7) is -0.547. The van der Waals surface area contributed by atoms with Crippen LogP contribution in [0.2, 0.25) is 0 Å². The predicted molar refractivity (Wildman–Crippen MR) is 67.6 cm³/mol. The third-order valence-corrected chi connectivity index (χ3v) is 2.69. The van der Waals surface area contributed by atoms with Crippen LogP contribution >= 0.6 is 0 Å². The van der Waals surface area contributed by atoms with Crippen molar-refractivity contribution in [3.05, 3.63) is 27.9 Å². The first-order valence-corrected chi connectivity index (χ1v) is 5.73. The van der Waals surface area contributed by atoms with Gasteiger partial charge in [-0.2, -0.15) is 0 Å². The minimum absolute atomic E-state index is 0.156. The average Bonchev–Trinajstić information content (AvgIpc) is 2.44. The molecule has 21 heavy (non-hydrogen) atoms. The van der Waals surface area contributed by atoms with Gasteiger partial charge in [-0.1, -0.05) is 0 Å². The lowest BCUT2D eigenvalue weighted by Gasteiger charge is -2.26. The third-order valence-electron chi connectivity index (χ3n) is 2.69. The van der Waals surface area contributed by atoms with E-state index in [1.807, 2.05) is 0 Å². The summed E-state index contributed by atoms with van der Waals surface area (Å²) < 4.78 is 4.49. The molecule has 1 N–H and O–H groups in total. The molecule has 0 radical (unpaired) electrons. The Morgan fingerprint density at radius 2 is 2.00 bits per heavy atom. The van der Waals surface area contributed by atoms with E-state index in [0.29, 0.717) is 0 Å². The van der Waals surface area contributed by atoms with Crippen LogP contribution in [0.4, 0.5) is 11.5 Å². The van der Waals surface area contributed by atoms with E-state index in [-0.39, 0.29) is 24.6 Å². The molecule has 1 aliphatic heterocycles. The summed E-state index contributed by atoms with van der Waals surface area (Å²) in [5.41, 5.74) is -0.568. The Hall–Kier alpha value is -3.04. The number of hydrogen-bond donors (Lipinski definition) is 1. The number of hydrogen-bond acceptors (Lipinski definition) is 8. The largest absolute Gasteiger partial charge is 0.464 e. The number of aromatic nitrogens is 1. The molecule has 1 aromatic heterocycles. The molecule has 10 heteroatoms. The summed E-state index contributed by atoms with van der Waals surface area (Å²) in [7, 11) is 1.14. The lowest BCUT2D eigenvalue weighted by Crippen LogP contribution is -2.52. The van der Waals surface area contributed by atoms with Gasteiger partial charge < -0.3 is 9.64 Å². The second-order valence-electron chi connectivity index (χ2n) is 4.12. The number of carbonyl (C=O) groups is 3. The molecular formula is C11H10N4O6. The Bertz CT molecular complexity index is 628. The number of esters is 1. The summed E-state index contributed by atoms with van der Waals surface area (Å²) in [5, 5.41) is 13.1. The SMILES string of the molecule is COC(=O)c1ccc([N+](=O)[O-])c(N2CC(=O)NC(=O)C2)n1. The van der Waals surface area contributed by atoms with Gasteiger partial charge in [0.25, 0.3) is 0 Å². The summed E-state index contributed by atoms with van der Waals surface area (Å²) in [4.78, 5) is 49.4. The zero-order chi connectivity index (χ0) is 15.6. The Balaban J connectivity index is 2.47. The highest BCUT2D eigenvalue weighted by Gasteiger charge is 2.30. The fourth-order valence-corrected chi connectivity index (χ4v) is 1.82. The minimum atomic E-state index is -0.779. The van der Waals surface area contributed by atoms with Crippen molar-refractivity contribution in [2.45, 2.75) is 0 Å². The standard InChI is InChI=1S/C11H10N4O6/c1-21-11(18)6-2-3-7(15(19)20)10(12-6)14-4-8(16)13-9(17)5-14/h2-3H,4-5H2,1H3,(H,13,16,17). The van der Waals surface area contributed by atoms with Gasteiger partial charge in [-0.05, 0) is 6.07 Å². The minimum Gasteiger partial charge on any atom is -0.464 e. The lowest BCUT2D eigenvalue weighted by molar-refractivity contribution is -0.384. The van der Waals surface area contributed by atoms with Crippen molar-refractivity contribution in [1.82, 2.24) is 10.3 Å². The molecule has 0 atom stereocenters. The number of piperazine rings is 1. The van der Waals surface area contributed by atoms with E-state index < -0.39 is 28.4 Å². The van der Waals surface area contributed by atoms with E-state index in [1.54, 1.807) is 0 Å². The number of nitrogens with zero attached hydrogens (tertiary/aromatic N) is 3. The summed E-state index contributed by atoms with van der Waals surface area (Å²) in [6, 6.07) is 2.21. The van der Waals surface area contributed by atoms with Gasteiger partial charge in [-0.15, -0.1) is 0 Å². The Morgan fingerprint density at radius 3 is 2.52 bits per heavy atom. The second kappa shape index (κ2) is 5.53. The van der Waals surface area contributed by atoms with Crippen LogP contribution in [0.3, 0.4) is 0 Å². The van der Waals surface area contributed by atoms with Crippen molar-refractivity contribution in [2.24, 2.45) is 0 Å². The highest BCUT2D eigenvalue weighted by Crippen LogP contribution is 2.26. The molecule has 1 fully saturated rings. The van der Waals surface area contributed by atoms with Gasteiger partial charge in [0, 0.05) is 6.07 Å². The number of ether oxygens (including phenoxy) is 1. The number of imide groups is 1. The lowest BCUT2D eigenvalue weighted by atomic mass is 10.2. The number of rotatable bonds is 3. The van der Waals surface area contributed by atoms with E-state index in [4.69, 9.17) is 0 Å². The van der Waals surface area contributed by atoms with Gasteiger partial charge in [0.15, 0.2) is 5.69 Å². The zero-order valence-corrected chi connectivity index (χ0v) is 10.9. The van der Waals surface area contributed by atoms with Gasteiger partial charge in [0.05, 0.1) is 25.1 Å². The maximum atomic E-state index is 11.4. The Labute approximate surface area is 117 Å². The molecule has 0 aromatic carbocycles. The Morgan fingerprint density at radius 1 is 1.38 bits per heavy atom. The van der Waals surface area contributed by atoms with Gasteiger partial charge in [-0.3, -0.25) is 25.0 Å². The van der Waals surface area contributed by atoms with Crippen LogP contribution in [0.1, 0.15) is 10.5 Å². The number of pyridine rings is 1. The summed E-state index contributed by atoms with van der Waals surface area (Å²) in [6.07, 6.45) is 0. The van der Waals surface area contributed by atoms with Crippen LogP contribution in [0.15, 0.2) is 12.1 Å². The van der Waals surface area contributed by atoms with Gasteiger partial charge in [-0.25, -0.2) is 9.78 Å². The second-order valence-corrected chi connectivity index (χ2v) is 4.12. The molecule has 0 aliphatic carbocycles. The van der Waals surface area contributed by atoms with E-state index >= 15 is 0 Å². The maximum absolute atomic E-state index is 11.4. The molecule has 110 valence electrons. The van der Waals surface area contributed by atoms with Crippen LogP contribution in [0, 0.1) is 10.1 Å². The fraction of sp³-hybridized carbons (Fsp3) is 0.273. The first kappa shape index (κ1) is 14.4. The van der Waals surface area contributed by atoms with Crippen LogP contribution in [0.25, 0.3) is 0 Å². The summed E-state index contributed by atoms with van der Waals surface area (Å²) >= 11 is 0. The summed E-state index contributed by atoms with van der Waals surface area (Å²) in [5.74, 6) is -2.22. The topological polar surface area (TPSA) is 132 Å². The average molecular weight is 294 g/mol. The predicted octanol–water partition coefficient (Wildman–Crippen LogP) is -0.761. The molecule has 0 spiro atoms. The number of anilines is 1. The van der Waals surface area contributed by atoms with Crippen molar-refractivity contribution >= 4 is 29.3 Å². The van der Waals surface area contributed by atoms with E-state index in [9.17, 15) is 24.5 Å². The smallest absolute Gasteiger partial charge is 0.356 e. The van der Waals surface area contributed by atoms with Gasteiger partial charge >= 0.3 is 11.7 Å². The van der Waals surface area contributed by atoms with Gasteiger partial charge in [0.1, 0.15) is 0 Å². The number of methoxy groups -OCH3 is 1. The van der Waals surface area contributed by atoms with Crippen molar-refractivity contribution < 1.29 is 24.0 Å². The molecule has 2 heterocycles. The number of amides is 2. The van der Waals surface area contributed by atoms with Crippen LogP contribution < -0.4 is 10.2 Å². The zero-order valence-electron chi connectivity index (χ0n) is 10.9. The first-order chi connectivity index (χ1) is 9.92. The fourth-order valence-electron chi connectivity index (χ4n) is 1.82. The molecule has 0 bridgehead atoms. The normalized spacial score (nSPS) is 14.6. The number of nitrogens with one attached hydrogen (secondary N) is 1. The Kier molecular flexibility index (Phi) is 3.78. The number of nitro groups is 1. The van der Waals surface area contributed by atoms with Crippen molar-refractivity contribution in [3.63, 3.8) is 0 Å². The molecule has 1 saturated heterocycles. The third kappa shape index (κ3) is 2.94. The number of carbonyl (C=O) groups excluding carboxylic acids is 3. The van der Waals surface area contributed by atoms with E-state index in [1.165, 1.54) is 0 Å². The van der Waals surface area contributed by atoms with E-state index in [2.05, 4.69) is 15.0 Å². The molecule has 1 aromatic rings. The van der Waals surface area contributed by atoms with Crippen LogP contribution in [-0.4, -0.2) is 47.9 Å². The molecule has 10 nitrogen and oxygen atoms in total. The molecular weight excluding hydrogens is 284 g/mol. The molecule has 2 rings (SSSR count). The monoisotopic (exact) mass is 294 g/mol.